The second kappa shape index (κ2) is 4.94. The van der Waals surface area contributed by atoms with Gasteiger partial charge >= 0.3 is 5.97 Å². The monoisotopic (exact) mass is 236 g/mol. The topological polar surface area (TPSA) is 62.2 Å². The van der Waals surface area contributed by atoms with Gasteiger partial charge in [0.15, 0.2) is 0 Å². The van der Waals surface area contributed by atoms with Crippen LogP contribution in [0.3, 0.4) is 0 Å². The molecular weight excluding hydrogens is 224 g/mol. The molecule has 0 spiro atoms. The van der Waals surface area contributed by atoms with Gasteiger partial charge < -0.3 is 10.4 Å². The number of nitrogens with one attached hydrogen (secondary N) is 1. The SMILES string of the molecule is O=C(O)CCCNc1snc2ccccc12. The van der Waals surface area contributed by atoms with Gasteiger partial charge in [-0.1, -0.05) is 12.1 Å². The zero-order valence-corrected chi connectivity index (χ0v) is 9.46. The maximum Gasteiger partial charge on any atom is 0.303 e. The van der Waals surface area contributed by atoms with Crippen molar-refractivity contribution in [2.24, 2.45) is 0 Å². The van der Waals surface area contributed by atoms with Crippen LogP contribution in [0.4, 0.5) is 5.00 Å². The second-order valence-electron chi connectivity index (χ2n) is 3.45. The maximum absolute atomic E-state index is 10.3. The van der Waals surface area contributed by atoms with Crippen molar-refractivity contribution >= 4 is 33.4 Å². The van der Waals surface area contributed by atoms with Crippen LogP contribution in [0.2, 0.25) is 0 Å². The Morgan fingerprint density at radius 1 is 1.44 bits per heavy atom. The van der Waals surface area contributed by atoms with E-state index in [0.29, 0.717) is 13.0 Å². The maximum atomic E-state index is 10.3. The standard InChI is InChI=1S/C11H12N2O2S/c14-10(15)6-3-7-12-11-8-4-1-2-5-9(8)13-16-11/h1-2,4-5,12H,3,6-7H2,(H,14,15). The van der Waals surface area contributed by atoms with E-state index >= 15 is 0 Å². The number of carbonyl (C=O) groups is 1. The number of carboxylic acid groups (broad SMARTS) is 1. The number of hydrogen-bond donors (Lipinski definition) is 2. The average molecular weight is 236 g/mol. The first-order chi connectivity index (χ1) is 7.77. The van der Waals surface area contributed by atoms with E-state index in [1.807, 2.05) is 24.3 Å². The summed E-state index contributed by atoms with van der Waals surface area (Å²) in [7, 11) is 0. The summed E-state index contributed by atoms with van der Waals surface area (Å²) in [6, 6.07) is 7.90. The lowest BCUT2D eigenvalue weighted by Crippen LogP contribution is -2.03. The van der Waals surface area contributed by atoms with Crippen LogP contribution in [0, 0.1) is 0 Å². The predicted molar refractivity (Wildman–Crippen MR) is 65.0 cm³/mol. The van der Waals surface area contributed by atoms with Crippen LogP contribution < -0.4 is 5.32 Å². The van der Waals surface area contributed by atoms with Crippen LogP contribution in [0.1, 0.15) is 12.8 Å². The number of aliphatic carboxylic acids is 1. The number of anilines is 1. The van der Waals surface area contributed by atoms with Gasteiger partial charge in [-0.05, 0) is 30.1 Å². The smallest absolute Gasteiger partial charge is 0.303 e. The largest absolute Gasteiger partial charge is 0.481 e. The molecule has 1 aromatic heterocycles. The van der Waals surface area contributed by atoms with Crippen LogP contribution in [-0.2, 0) is 4.79 Å². The summed E-state index contributed by atoms with van der Waals surface area (Å²) in [5.41, 5.74) is 0.980. The third-order valence-electron chi connectivity index (χ3n) is 2.24. The Hall–Kier alpha value is -1.62. The number of benzene rings is 1. The van der Waals surface area contributed by atoms with Crippen LogP contribution in [0.25, 0.3) is 10.9 Å². The highest BCUT2D eigenvalue weighted by atomic mass is 32.1. The first-order valence-electron chi connectivity index (χ1n) is 5.07. The van der Waals surface area contributed by atoms with Crippen molar-refractivity contribution in [1.82, 2.24) is 4.37 Å². The Morgan fingerprint density at radius 3 is 3.06 bits per heavy atom. The molecule has 2 rings (SSSR count). The lowest BCUT2D eigenvalue weighted by Gasteiger charge is -2.01. The summed E-state index contributed by atoms with van der Waals surface area (Å²) < 4.78 is 4.30. The van der Waals surface area contributed by atoms with E-state index in [4.69, 9.17) is 5.11 Å². The molecule has 2 aromatic rings. The minimum atomic E-state index is -0.754. The van der Waals surface area contributed by atoms with Crippen molar-refractivity contribution < 1.29 is 9.90 Å². The van der Waals surface area contributed by atoms with Crippen molar-refractivity contribution in [2.45, 2.75) is 12.8 Å². The number of nitrogens with zero attached hydrogens (tertiary/aromatic N) is 1. The molecule has 0 aliphatic carbocycles. The Labute approximate surface area is 97.1 Å². The van der Waals surface area contributed by atoms with Gasteiger partial charge in [0.25, 0.3) is 0 Å². The fourth-order valence-corrected chi connectivity index (χ4v) is 2.24. The molecule has 1 heterocycles. The molecule has 0 radical (unpaired) electrons. The molecule has 0 saturated heterocycles. The highest BCUT2D eigenvalue weighted by Crippen LogP contribution is 2.26. The fourth-order valence-electron chi connectivity index (χ4n) is 1.46. The Bertz CT molecular complexity index is 495. The number of fused-ring (bicyclic) bond motifs is 1. The molecule has 84 valence electrons. The lowest BCUT2D eigenvalue weighted by atomic mass is 10.2. The fraction of sp³-hybridized carbons (Fsp3) is 0.273. The van der Waals surface area contributed by atoms with Crippen molar-refractivity contribution in [1.29, 1.82) is 0 Å². The van der Waals surface area contributed by atoms with Crippen molar-refractivity contribution in [2.75, 3.05) is 11.9 Å². The summed E-state index contributed by atoms with van der Waals surface area (Å²) in [6.07, 6.45) is 0.825. The Morgan fingerprint density at radius 2 is 2.25 bits per heavy atom. The zero-order chi connectivity index (χ0) is 11.4. The van der Waals surface area contributed by atoms with E-state index in [9.17, 15) is 4.79 Å². The first kappa shape index (κ1) is 10.9. The van der Waals surface area contributed by atoms with Crippen molar-refractivity contribution in [3.05, 3.63) is 24.3 Å². The number of hydrogen-bond acceptors (Lipinski definition) is 4. The molecular formula is C11H12N2O2S. The normalized spacial score (nSPS) is 10.5. The molecule has 5 heteroatoms. The van der Waals surface area contributed by atoms with Crippen LogP contribution in [-0.4, -0.2) is 22.0 Å². The minimum Gasteiger partial charge on any atom is -0.481 e. The summed E-state index contributed by atoms with van der Waals surface area (Å²) in [5, 5.41) is 13.8. The van der Waals surface area contributed by atoms with Gasteiger partial charge in [-0.15, -0.1) is 0 Å². The van der Waals surface area contributed by atoms with E-state index in [0.717, 1.165) is 15.9 Å². The van der Waals surface area contributed by atoms with Gasteiger partial charge in [0.2, 0.25) is 0 Å². The van der Waals surface area contributed by atoms with E-state index in [1.54, 1.807) is 0 Å². The quantitative estimate of drug-likeness (QED) is 0.783. The molecule has 16 heavy (non-hydrogen) atoms. The molecule has 2 N–H and O–H groups in total. The minimum absolute atomic E-state index is 0.198. The lowest BCUT2D eigenvalue weighted by molar-refractivity contribution is -0.137. The molecule has 0 amide bonds. The molecule has 4 nitrogen and oxygen atoms in total. The zero-order valence-electron chi connectivity index (χ0n) is 8.64. The van der Waals surface area contributed by atoms with E-state index < -0.39 is 5.97 Å². The first-order valence-corrected chi connectivity index (χ1v) is 5.85. The molecule has 0 atom stereocenters. The number of rotatable bonds is 5. The van der Waals surface area contributed by atoms with Gasteiger partial charge in [-0.25, -0.2) is 0 Å². The van der Waals surface area contributed by atoms with Crippen molar-refractivity contribution in [3.63, 3.8) is 0 Å². The highest BCUT2D eigenvalue weighted by molar-refractivity contribution is 7.11. The van der Waals surface area contributed by atoms with E-state index in [1.165, 1.54) is 11.5 Å². The average Bonchev–Trinajstić information content (AvgIpc) is 2.68. The highest BCUT2D eigenvalue weighted by Gasteiger charge is 2.04. The van der Waals surface area contributed by atoms with Gasteiger partial charge in [-0.3, -0.25) is 4.79 Å². The van der Waals surface area contributed by atoms with Gasteiger partial charge in [-0.2, -0.15) is 4.37 Å². The summed E-state index contributed by atoms with van der Waals surface area (Å²) in [4.78, 5) is 10.3. The molecule has 0 bridgehead atoms. The van der Waals surface area contributed by atoms with E-state index in [2.05, 4.69) is 9.69 Å². The van der Waals surface area contributed by atoms with Crippen LogP contribution >= 0.6 is 11.5 Å². The van der Waals surface area contributed by atoms with Crippen LogP contribution in [0.5, 0.6) is 0 Å². The third-order valence-corrected chi connectivity index (χ3v) is 3.07. The van der Waals surface area contributed by atoms with Crippen LogP contribution in [0.15, 0.2) is 24.3 Å². The molecule has 0 aliphatic rings. The molecule has 0 saturated carbocycles. The van der Waals surface area contributed by atoms with Gasteiger partial charge in [0, 0.05) is 18.4 Å². The summed E-state index contributed by atoms with van der Waals surface area (Å²) in [5.74, 6) is -0.754. The summed E-state index contributed by atoms with van der Waals surface area (Å²) >= 11 is 1.41. The van der Waals surface area contributed by atoms with Crippen molar-refractivity contribution in [3.8, 4) is 0 Å². The number of carboxylic acids is 1. The Balaban J connectivity index is 1.97. The second-order valence-corrected chi connectivity index (χ2v) is 4.23. The molecule has 1 aromatic carbocycles. The molecule has 0 fully saturated rings. The summed E-state index contributed by atoms with van der Waals surface area (Å²) in [6.45, 7) is 0.665. The Kier molecular flexibility index (Phi) is 3.36. The predicted octanol–water partition coefficient (Wildman–Crippen LogP) is 2.57. The van der Waals surface area contributed by atoms with E-state index in [-0.39, 0.29) is 6.42 Å². The molecule has 0 aliphatic heterocycles. The molecule has 0 unspecified atom stereocenters. The van der Waals surface area contributed by atoms with Gasteiger partial charge in [0.05, 0.1) is 5.52 Å². The van der Waals surface area contributed by atoms with Gasteiger partial charge in [0.1, 0.15) is 5.00 Å². The third kappa shape index (κ3) is 2.49. The number of aromatic nitrogens is 1.